The molecule has 142 valence electrons. The van der Waals surface area contributed by atoms with E-state index in [0.29, 0.717) is 0 Å². The maximum absolute atomic E-state index is 12.2. The zero-order valence-corrected chi connectivity index (χ0v) is 16.7. The summed E-state index contributed by atoms with van der Waals surface area (Å²) < 4.78 is 0. The fraction of sp³-hybridized carbons (Fsp3) is 0.217. The molecule has 0 spiro atoms. The molecule has 1 aromatic heterocycles. The van der Waals surface area contributed by atoms with Crippen LogP contribution in [0.3, 0.4) is 0 Å². The molecule has 0 aliphatic carbocycles. The Morgan fingerprint density at radius 3 is 2.46 bits per heavy atom. The van der Waals surface area contributed by atoms with Gasteiger partial charge in [0.2, 0.25) is 5.91 Å². The Balaban J connectivity index is 1.44. The van der Waals surface area contributed by atoms with Crippen LogP contribution in [0, 0.1) is 0 Å². The van der Waals surface area contributed by atoms with Crippen LogP contribution in [0.5, 0.6) is 0 Å². The summed E-state index contributed by atoms with van der Waals surface area (Å²) in [7, 11) is 0. The third-order valence-electron chi connectivity index (χ3n) is 4.88. The van der Waals surface area contributed by atoms with E-state index in [-0.39, 0.29) is 5.91 Å². The molecule has 1 aliphatic heterocycles. The summed E-state index contributed by atoms with van der Waals surface area (Å²) in [6.45, 7) is 4.32. The van der Waals surface area contributed by atoms with Crippen molar-refractivity contribution in [3.05, 3.63) is 83.4 Å². The highest BCUT2D eigenvalue weighted by Gasteiger charge is 2.19. The molecule has 0 saturated heterocycles. The molecular weight excluding hydrogens is 366 g/mol. The maximum Gasteiger partial charge on any atom is 0.230 e. The number of carbonyl (C=O) groups is 1. The Morgan fingerprint density at radius 2 is 1.82 bits per heavy atom. The summed E-state index contributed by atoms with van der Waals surface area (Å²) >= 11 is 1.52. The van der Waals surface area contributed by atoms with Gasteiger partial charge >= 0.3 is 0 Å². The van der Waals surface area contributed by atoms with Crippen LogP contribution >= 0.6 is 11.3 Å². The number of hydrogen-bond acceptors (Lipinski definition) is 4. The van der Waals surface area contributed by atoms with Gasteiger partial charge in [-0.3, -0.25) is 14.6 Å². The molecule has 4 nitrogen and oxygen atoms in total. The minimum Gasteiger partial charge on any atom is -0.293 e. The molecule has 0 atom stereocenters. The van der Waals surface area contributed by atoms with Crippen LogP contribution in [-0.2, 0) is 11.3 Å². The molecule has 28 heavy (non-hydrogen) atoms. The Morgan fingerprint density at radius 1 is 1.11 bits per heavy atom. The monoisotopic (exact) mass is 389 g/mol. The second-order valence-electron chi connectivity index (χ2n) is 6.89. The van der Waals surface area contributed by atoms with Gasteiger partial charge in [-0.05, 0) is 29.7 Å². The van der Waals surface area contributed by atoms with Gasteiger partial charge < -0.3 is 0 Å². The average Bonchev–Trinajstić information content (AvgIpc) is 3.17. The third-order valence-corrected chi connectivity index (χ3v) is 5.76. The second kappa shape index (κ2) is 8.50. The first-order valence-electron chi connectivity index (χ1n) is 9.47. The third kappa shape index (κ3) is 4.21. The lowest BCUT2D eigenvalue weighted by molar-refractivity contribution is -0.115. The van der Waals surface area contributed by atoms with Gasteiger partial charge in [0.1, 0.15) is 0 Å². The van der Waals surface area contributed by atoms with Gasteiger partial charge in [-0.1, -0.05) is 54.6 Å². The minimum absolute atomic E-state index is 0.0273. The van der Waals surface area contributed by atoms with E-state index in [2.05, 4.69) is 46.7 Å². The molecule has 3 aromatic rings. The van der Waals surface area contributed by atoms with Crippen molar-refractivity contribution in [1.82, 2.24) is 9.88 Å². The number of para-hydroxylation sites is 1. The van der Waals surface area contributed by atoms with Crippen molar-refractivity contribution >= 4 is 33.6 Å². The molecule has 2 aromatic carbocycles. The first kappa shape index (κ1) is 18.6. The Bertz CT molecular complexity index is 966. The van der Waals surface area contributed by atoms with E-state index in [0.717, 1.165) is 42.6 Å². The van der Waals surface area contributed by atoms with E-state index in [1.54, 1.807) is 11.8 Å². The predicted octanol–water partition coefficient (Wildman–Crippen LogP) is 5.12. The van der Waals surface area contributed by atoms with Gasteiger partial charge in [0.05, 0.1) is 11.4 Å². The van der Waals surface area contributed by atoms with E-state index in [9.17, 15) is 4.79 Å². The van der Waals surface area contributed by atoms with Gasteiger partial charge in [-0.25, -0.2) is 4.98 Å². The van der Waals surface area contributed by atoms with Gasteiger partial charge in [0, 0.05) is 31.9 Å². The number of anilines is 2. The maximum atomic E-state index is 12.2. The van der Waals surface area contributed by atoms with Crippen LogP contribution in [0.4, 0.5) is 10.8 Å². The highest BCUT2D eigenvalue weighted by atomic mass is 32.1. The van der Waals surface area contributed by atoms with Crippen molar-refractivity contribution in [2.45, 2.75) is 19.9 Å². The number of nitrogens with zero attached hydrogens (tertiary/aromatic N) is 3. The summed E-state index contributed by atoms with van der Waals surface area (Å²) in [6.07, 6.45) is 3.36. The number of aromatic nitrogens is 1. The normalized spacial score (nSPS) is 14.5. The van der Waals surface area contributed by atoms with E-state index in [4.69, 9.17) is 4.98 Å². The van der Waals surface area contributed by atoms with Crippen LogP contribution in [0.1, 0.15) is 24.6 Å². The lowest BCUT2D eigenvalue weighted by Gasteiger charge is -2.25. The fourth-order valence-corrected chi connectivity index (χ4v) is 4.35. The zero-order valence-electron chi connectivity index (χ0n) is 15.9. The molecule has 1 amide bonds. The van der Waals surface area contributed by atoms with Crippen molar-refractivity contribution in [1.29, 1.82) is 0 Å². The smallest absolute Gasteiger partial charge is 0.230 e. The molecule has 0 unspecified atom stereocenters. The van der Waals surface area contributed by atoms with Crippen molar-refractivity contribution in [2.75, 3.05) is 18.0 Å². The van der Waals surface area contributed by atoms with E-state index >= 15 is 0 Å². The second-order valence-corrected chi connectivity index (χ2v) is 7.73. The first-order chi connectivity index (χ1) is 13.7. The predicted molar refractivity (Wildman–Crippen MR) is 116 cm³/mol. The summed E-state index contributed by atoms with van der Waals surface area (Å²) in [4.78, 5) is 21.0. The number of hydrogen-bond donors (Lipinski definition) is 0. The molecule has 4 rings (SSSR count). The van der Waals surface area contributed by atoms with Crippen molar-refractivity contribution in [3.8, 4) is 0 Å². The standard InChI is InChI=1S/C23H23N3OS/c1-18(27)26(22-10-6-3-7-11-22)23-24-21(17-28-23)16-25-14-12-20(13-15-25)19-8-4-2-5-9-19/h2-12,17H,13-16H2,1H3. The topological polar surface area (TPSA) is 36.4 Å². The molecule has 5 heteroatoms. The highest BCUT2D eigenvalue weighted by molar-refractivity contribution is 7.14. The molecule has 0 N–H and O–H groups in total. The van der Waals surface area contributed by atoms with Crippen molar-refractivity contribution in [2.24, 2.45) is 0 Å². The summed E-state index contributed by atoms with van der Waals surface area (Å²) in [6, 6.07) is 20.3. The van der Waals surface area contributed by atoms with Gasteiger partial charge in [-0.2, -0.15) is 0 Å². The summed E-state index contributed by atoms with van der Waals surface area (Å²) in [5.74, 6) is -0.0273. The van der Waals surface area contributed by atoms with Gasteiger partial charge in [0.15, 0.2) is 5.13 Å². The van der Waals surface area contributed by atoms with E-state index in [1.807, 2.05) is 30.3 Å². The Kier molecular flexibility index (Phi) is 5.65. The molecule has 0 bridgehead atoms. The van der Waals surface area contributed by atoms with Gasteiger partial charge in [-0.15, -0.1) is 11.3 Å². The molecule has 0 radical (unpaired) electrons. The minimum atomic E-state index is -0.0273. The lowest BCUT2D eigenvalue weighted by Crippen LogP contribution is -2.28. The Hall–Kier alpha value is -2.76. The molecule has 0 fully saturated rings. The molecule has 2 heterocycles. The van der Waals surface area contributed by atoms with Crippen LogP contribution in [0.15, 0.2) is 72.1 Å². The van der Waals surface area contributed by atoms with Crippen LogP contribution in [-0.4, -0.2) is 28.9 Å². The largest absolute Gasteiger partial charge is 0.293 e. The van der Waals surface area contributed by atoms with Crippen LogP contribution in [0.2, 0.25) is 0 Å². The molecular formula is C23H23N3OS. The van der Waals surface area contributed by atoms with Gasteiger partial charge in [0.25, 0.3) is 0 Å². The SMILES string of the molecule is CC(=O)N(c1ccccc1)c1nc(CN2CC=C(c3ccccc3)CC2)cs1. The number of amides is 1. The van der Waals surface area contributed by atoms with Crippen molar-refractivity contribution in [3.63, 3.8) is 0 Å². The van der Waals surface area contributed by atoms with Crippen LogP contribution in [0.25, 0.3) is 5.57 Å². The fourth-order valence-electron chi connectivity index (χ4n) is 3.47. The quantitative estimate of drug-likeness (QED) is 0.608. The summed E-state index contributed by atoms with van der Waals surface area (Å²) in [5, 5.41) is 2.79. The number of rotatable bonds is 5. The number of benzene rings is 2. The average molecular weight is 390 g/mol. The van der Waals surface area contributed by atoms with Crippen molar-refractivity contribution < 1.29 is 4.79 Å². The first-order valence-corrected chi connectivity index (χ1v) is 10.4. The number of carbonyl (C=O) groups excluding carboxylic acids is 1. The summed E-state index contributed by atoms with van der Waals surface area (Å²) in [5.41, 5.74) is 4.60. The van der Waals surface area contributed by atoms with E-state index < -0.39 is 0 Å². The number of thiazole rings is 1. The Labute approximate surface area is 169 Å². The zero-order chi connectivity index (χ0) is 19.3. The molecule has 0 saturated carbocycles. The highest BCUT2D eigenvalue weighted by Crippen LogP contribution is 2.29. The molecule has 1 aliphatic rings. The van der Waals surface area contributed by atoms with E-state index in [1.165, 1.54) is 22.5 Å². The van der Waals surface area contributed by atoms with Crippen LogP contribution < -0.4 is 4.90 Å². The lowest BCUT2D eigenvalue weighted by atomic mass is 9.99.